The van der Waals surface area contributed by atoms with Crippen LogP contribution in [0.5, 0.6) is 0 Å². The highest BCUT2D eigenvalue weighted by atomic mass is 16.2. The summed E-state index contributed by atoms with van der Waals surface area (Å²) in [5.74, 6) is 0.00983. The summed E-state index contributed by atoms with van der Waals surface area (Å²) in [4.78, 5) is 11.7. The number of hydrogen-bond acceptors (Lipinski definition) is 2. The zero-order valence-electron chi connectivity index (χ0n) is 13.8. The van der Waals surface area contributed by atoms with Crippen LogP contribution >= 0.6 is 0 Å². The van der Waals surface area contributed by atoms with E-state index in [-0.39, 0.29) is 5.91 Å². The molecular formula is C18H28N2O. The van der Waals surface area contributed by atoms with Gasteiger partial charge in [0.15, 0.2) is 0 Å². The summed E-state index contributed by atoms with van der Waals surface area (Å²) in [6.07, 6.45) is 6.34. The van der Waals surface area contributed by atoms with Crippen molar-refractivity contribution in [3.8, 4) is 0 Å². The Morgan fingerprint density at radius 1 is 1.14 bits per heavy atom. The van der Waals surface area contributed by atoms with Gasteiger partial charge in [-0.15, -0.1) is 0 Å². The first-order chi connectivity index (χ1) is 10.0. The van der Waals surface area contributed by atoms with Crippen LogP contribution in [-0.4, -0.2) is 11.6 Å². The van der Waals surface area contributed by atoms with Crippen LogP contribution in [0, 0.1) is 13.8 Å². The number of nitrogens with one attached hydrogen (secondary N) is 1. The lowest BCUT2D eigenvalue weighted by Gasteiger charge is -2.07. The molecule has 0 heterocycles. The molecule has 1 aromatic rings. The van der Waals surface area contributed by atoms with Crippen LogP contribution in [0.3, 0.4) is 0 Å². The zero-order chi connectivity index (χ0) is 15.7. The Kier molecular flexibility index (Phi) is 7.73. The van der Waals surface area contributed by atoms with Gasteiger partial charge in [0, 0.05) is 12.0 Å². The second kappa shape index (κ2) is 9.32. The Morgan fingerprint density at radius 2 is 1.86 bits per heavy atom. The summed E-state index contributed by atoms with van der Waals surface area (Å²) < 4.78 is 0. The minimum absolute atomic E-state index is 0.00983. The molecule has 0 aromatic heterocycles. The molecular weight excluding hydrogens is 260 g/mol. The Labute approximate surface area is 128 Å². The molecule has 116 valence electrons. The number of aryl methyl sites for hydroxylation is 2. The van der Waals surface area contributed by atoms with Crippen molar-refractivity contribution in [3.05, 3.63) is 34.9 Å². The van der Waals surface area contributed by atoms with Crippen molar-refractivity contribution in [2.75, 3.05) is 0 Å². The summed E-state index contributed by atoms with van der Waals surface area (Å²) in [5, 5.41) is 4.22. The molecule has 0 aliphatic rings. The van der Waals surface area contributed by atoms with E-state index in [2.05, 4.69) is 49.5 Å². The first kappa shape index (κ1) is 17.4. The monoisotopic (exact) mass is 288 g/mol. The van der Waals surface area contributed by atoms with Crippen molar-refractivity contribution < 1.29 is 4.79 Å². The average Bonchev–Trinajstić information content (AvgIpc) is 2.44. The molecule has 1 aromatic carbocycles. The second-order valence-corrected chi connectivity index (χ2v) is 5.71. The number of amides is 1. The summed E-state index contributed by atoms with van der Waals surface area (Å²) in [6.45, 7) is 8.26. The van der Waals surface area contributed by atoms with E-state index in [4.69, 9.17) is 0 Å². The number of carbonyl (C=O) groups is 1. The molecule has 0 atom stereocenters. The number of rotatable bonds is 8. The maximum absolute atomic E-state index is 11.7. The van der Waals surface area contributed by atoms with E-state index in [0.29, 0.717) is 6.42 Å². The lowest BCUT2D eigenvalue weighted by molar-refractivity contribution is -0.121. The first-order valence-corrected chi connectivity index (χ1v) is 7.95. The van der Waals surface area contributed by atoms with E-state index in [1.54, 1.807) is 0 Å². The number of nitrogens with zero attached hydrogens (tertiary/aromatic N) is 1. The Morgan fingerprint density at radius 3 is 2.52 bits per heavy atom. The van der Waals surface area contributed by atoms with Gasteiger partial charge < -0.3 is 0 Å². The minimum Gasteiger partial charge on any atom is -0.273 e. The van der Waals surface area contributed by atoms with Crippen LogP contribution in [-0.2, 0) is 4.79 Å². The molecule has 21 heavy (non-hydrogen) atoms. The molecule has 0 bridgehead atoms. The van der Waals surface area contributed by atoms with Gasteiger partial charge in [0.05, 0.1) is 5.71 Å². The lowest BCUT2D eigenvalue weighted by Crippen LogP contribution is -2.19. The van der Waals surface area contributed by atoms with Gasteiger partial charge in [-0.05, 0) is 32.8 Å². The predicted octanol–water partition coefficient (Wildman–Crippen LogP) is 4.50. The fourth-order valence-corrected chi connectivity index (χ4v) is 2.37. The Hall–Kier alpha value is -1.64. The summed E-state index contributed by atoms with van der Waals surface area (Å²) in [6, 6.07) is 6.25. The summed E-state index contributed by atoms with van der Waals surface area (Å²) in [7, 11) is 0. The highest BCUT2D eigenvalue weighted by molar-refractivity contribution is 6.00. The van der Waals surface area contributed by atoms with Gasteiger partial charge in [-0.2, -0.15) is 5.10 Å². The molecule has 3 nitrogen and oxygen atoms in total. The van der Waals surface area contributed by atoms with Gasteiger partial charge in [0.25, 0.3) is 0 Å². The number of hydrogen-bond donors (Lipinski definition) is 1. The van der Waals surface area contributed by atoms with Gasteiger partial charge in [-0.1, -0.05) is 56.4 Å². The van der Waals surface area contributed by atoms with Gasteiger partial charge >= 0.3 is 0 Å². The predicted molar refractivity (Wildman–Crippen MR) is 89.6 cm³/mol. The van der Waals surface area contributed by atoms with Crippen LogP contribution in [0.25, 0.3) is 0 Å². The van der Waals surface area contributed by atoms with Crippen LogP contribution in [0.1, 0.15) is 69.1 Å². The normalized spacial score (nSPS) is 11.5. The molecule has 3 heteroatoms. The summed E-state index contributed by atoms with van der Waals surface area (Å²) in [5.41, 5.74) is 7.02. The number of hydrazone groups is 1. The van der Waals surface area contributed by atoms with Crippen molar-refractivity contribution in [1.29, 1.82) is 0 Å². The Bertz CT molecular complexity index is 492. The smallest absolute Gasteiger partial charge is 0.240 e. The van der Waals surface area contributed by atoms with Gasteiger partial charge in [-0.25, -0.2) is 5.43 Å². The van der Waals surface area contributed by atoms with E-state index < -0.39 is 0 Å². The van der Waals surface area contributed by atoms with Gasteiger partial charge in [-0.3, -0.25) is 4.79 Å². The maximum atomic E-state index is 11.7. The lowest BCUT2D eigenvalue weighted by atomic mass is 10.0. The molecule has 0 unspecified atom stereocenters. The fraction of sp³-hybridized carbons (Fsp3) is 0.556. The number of unbranched alkanes of at least 4 members (excludes halogenated alkanes) is 4. The summed E-state index contributed by atoms with van der Waals surface area (Å²) >= 11 is 0. The number of carbonyl (C=O) groups excluding carboxylic acids is 1. The van der Waals surface area contributed by atoms with Gasteiger partial charge in [0.1, 0.15) is 0 Å². The molecule has 0 spiro atoms. The second-order valence-electron chi connectivity index (χ2n) is 5.71. The van der Waals surface area contributed by atoms with Crippen LogP contribution in [0.4, 0.5) is 0 Å². The third-order valence-electron chi connectivity index (χ3n) is 3.63. The molecule has 1 rings (SSSR count). The van der Waals surface area contributed by atoms with Crippen LogP contribution in [0.2, 0.25) is 0 Å². The minimum atomic E-state index is 0.00983. The molecule has 0 radical (unpaired) electrons. The van der Waals surface area contributed by atoms with E-state index in [0.717, 1.165) is 24.1 Å². The zero-order valence-corrected chi connectivity index (χ0v) is 13.8. The van der Waals surface area contributed by atoms with Crippen molar-refractivity contribution >= 4 is 11.6 Å². The Balaban J connectivity index is 2.42. The maximum Gasteiger partial charge on any atom is 0.240 e. The molecule has 0 aliphatic heterocycles. The average molecular weight is 288 g/mol. The molecule has 0 fully saturated rings. The third kappa shape index (κ3) is 6.56. The molecule has 0 saturated heterocycles. The quantitative estimate of drug-likeness (QED) is 0.427. The van der Waals surface area contributed by atoms with Crippen molar-refractivity contribution in [1.82, 2.24) is 5.43 Å². The van der Waals surface area contributed by atoms with E-state index in [9.17, 15) is 4.79 Å². The highest BCUT2D eigenvalue weighted by Crippen LogP contribution is 2.11. The number of benzene rings is 1. The van der Waals surface area contributed by atoms with Crippen molar-refractivity contribution in [3.63, 3.8) is 0 Å². The first-order valence-electron chi connectivity index (χ1n) is 7.95. The van der Waals surface area contributed by atoms with E-state index >= 15 is 0 Å². The van der Waals surface area contributed by atoms with Crippen molar-refractivity contribution in [2.24, 2.45) is 5.10 Å². The molecule has 1 N–H and O–H groups in total. The largest absolute Gasteiger partial charge is 0.273 e. The molecule has 0 aliphatic carbocycles. The van der Waals surface area contributed by atoms with Crippen LogP contribution in [0.15, 0.2) is 23.3 Å². The SMILES string of the molecule is CCCCCCCC(=O)N/N=C(\C)c1ccc(C)cc1C. The molecule has 0 saturated carbocycles. The third-order valence-corrected chi connectivity index (χ3v) is 3.63. The topological polar surface area (TPSA) is 41.5 Å². The van der Waals surface area contributed by atoms with Gasteiger partial charge in [0.2, 0.25) is 5.91 Å². The highest BCUT2D eigenvalue weighted by Gasteiger charge is 2.04. The van der Waals surface area contributed by atoms with Crippen LogP contribution < -0.4 is 5.43 Å². The molecule has 1 amide bonds. The van der Waals surface area contributed by atoms with E-state index in [1.807, 2.05) is 6.92 Å². The fourth-order valence-electron chi connectivity index (χ4n) is 2.37. The van der Waals surface area contributed by atoms with E-state index in [1.165, 1.54) is 30.4 Å². The van der Waals surface area contributed by atoms with Crippen molar-refractivity contribution in [2.45, 2.75) is 66.2 Å². The standard InChI is InChI=1S/C18H28N2O/c1-5-6-7-8-9-10-18(21)20-19-16(4)17-12-11-14(2)13-15(17)3/h11-13H,5-10H2,1-4H3,(H,20,21)/b19-16+.